The number of nitrogens with one attached hydrogen (secondary N) is 1. The lowest BCUT2D eigenvalue weighted by molar-refractivity contribution is 0.201. The van der Waals surface area contributed by atoms with Gasteiger partial charge in [0.05, 0.1) is 0 Å². The standard InChI is InChI=1S/C16H25NO/c1-16(2,10-11-18)12-17-15-9-5-7-13-6-3-4-8-14(13)15/h3-4,6,8,15,17-18H,5,7,9-12H2,1-2H3. The predicted molar refractivity (Wildman–Crippen MR) is 75.6 cm³/mol. The van der Waals surface area contributed by atoms with Crippen molar-refractivity contribution in [3.63, 3.8) is 0 Å². The largest absolute Gasteiger partial charge is 0.396 e. The first-order chi connectivity index (χ1) is 8.62. The van der Waals surface area contributed by atoms with Crippen molar-refractivity contribution in [2.75, 3.05) is 13.2 Å². The van der Waals surface area contributed by atoms with Crippen molar-refractivity contribution in [1.29, 1.82) is 0 Å². The van der Waals surface area contributed by atoms with E-state index in [0.29, 0.717) is 6.04 Å². The lowest BCUT2D eigenvalue weighted by atomic mass is 9.85. The highest BCUT2D eigenvalue weighted by Crippen LogP contribution is 2.30. The van der Waals surface area contributed by atoms with Crippen molar-refractivity contribution in [2.24, 2.45) is 5.41 Å². The predicted octanol–water partition coefficient (Wildman–Crippen LogP) is 3.06. The Morgan fingerprint density at radius 2 is 2.11 bits per heavy atom. The van der Waals surface area contributed by atoms with Crippen LogP contribution in [-0.2, 0) is 6.42 Å². The molecule has 1 unspecified atom stereocenters. The second-order valence-electron chi connectivity index (χ2n) is 6.16. The smallest absolute Gasteiger partial charge is 0.0436 e. The van der Waals surface area contributed by atoms with Crippen molar-refractivity contribution in [3.05, 3.63) is 35.4 Å². The molecular weight excluding hydrogens is 222 g/mol. The Morgan fingerprint density at radius 1 is 1.33 bits per heavy atom. The molecule has 0 radical (unpaired) electrons. The summed E-state index contributed by atoms with van der Waals surface area (Å²) in [5.74, 6) is 0. The summed E-state index contributed by atoms with van der Waals surface area (Å²) >= 11 is 0. The zero-order valence-electron chi connectivity index (χ0n) is 11.6. The summed E-state index contributed by atoms with van der Waals surface area (Å²) in [5.41, 5.74) is 3.14. The van der Waals surface area contributed by atoms with Crippen LogP contribution in [0.2, 0.25) is 0 Å². The Bertz CT molecular complexity index is 386. The van der Waals surface area contributed by atoms with Crippen molar-refractivity contribution < 1.29 is 5.11 Å². The van der Waals surface area contributed by atoms with E-state index >= 15 is 0 Å². The molecule has 0 spiro atoms. The van der Waals surface area contributed by atoms with Crippen LogP contribution in [0.4, 0.5) is 0 Å². The minimum Gasteiger partial charge on any atom is -0.396 e. The van der Waals surface area contributed by atoms with Crippen LogP contribution in [-0.4, -0.2) is 18.3 Å². The molecule has 1 atom stereocenters. The molecule has 0 aliphatic heterocycles. The first kappa shape index (κ1) is 13.6. The monoisotopic (exact) mass is 247 g/mol. The van der Waals surface area contributed by atoms with E-state index in [1.165, 1.54) is 30.4 Å². The lowest BCUT2D eigenvalue weighted by Crippen LogP contribution is -2.34. The van der Waals surface area contributed by atoms with Gasteiger partial charge >= 0.3 is 0 Å². The fourth-order valence-corrected chi connectivity index (χ4v) is 2.76. The number of benzene rings is 1. The Kier molecular flexibility index (Phi) is 4.41. The van der Waals surface area contributed by atoms with Crippen molar-refractivity contribution in [2.45, 2.75) is 45.6 Å². The van der Waals surface area contributed by atoms with Crippen LogP contribution in [0.5, 0.6) is 0 Å². The molecule has 1 aromatic rings. The van der Waals surface area contributed by atoms with E-state index in [1.54, 1.807) is 0 Å². The molecule has 1 aliphatic rings. The third-order valence-corrected chi connectivity index (χ3v) is 3.99. The minimum atomic E-state index is 0.168. The van der Waals surface area contributed by atoms with E-state index in [1.807, 2.05) is 0 Å². The Hall–Kier alpha value is -0.860. The van der Waals surface area contributed by atoms with Crippen molar-refractivity contribution in [1.82, 2.24) is 5.32 Å². The topological polar surface area (TPSA) is 32.3 Å². The van der Waals surface area contributed by atoms with Gasteiger partial charge in [0.25, 0.3) is 0 Å². The third kappa shape index (κ3) is 3.33. The number of aryl methyl sites for hydroxylation is 1. The zero-order chi connectivity index (χ0) is 13.0. The van der Waals surface area contributed by atoms with Gasteiger partial charge in [0.15, 0.2) is 0 Å². The number of aliphatic hydroxyl groups is 1. The van der Waals surface area contributed by atoms with Gasteiger partial charge in [0.1, 0.15) is 0 Å². The Morgan fingerprint density at radius 3 is 2.89 bits per heavy atom. The molecule has 1 aromatic carbocycles. The average molecular weight is 247 g/mol. The third-order valence-electron chi connectivity index (χ3n) is 3.99. The van der Waals surface area contributed by atoms with Gasteiger partial charge < -0.3 is 10.4 Å². The normalized spacial score (nSPS) is 19.6. The summed E-state index contributed by atoms with van der Waals surface area (Å²) in [6, 6.07) is 9.27. The first-order valence-electron chi connectivity index (χ1n) is 7.04. The quantitative estimate of drug-likeness (QED) is 0.838. The number of hydrogen-bond acceptors (Lipinski definition) is 2. The fourth-order valence-electron chi connectivity index (χ4n) is 2.76. The molecule has 0 saturated heterocycles. The van der Waals surface area contributed by atoms with Crippen LogP contribution >= 0.6 is 0 Å². The van der Waals surface area contributed by atoms with Gasteiger partial charge in [-0.3, -0.25) is 0 Å². The van der Waals surface area contributed by atoms with Gasteiger partial charge in [-0.15, -0.1) is 0 Å². The maximum atomic E-state index is 9.07. The summed E-state index contributed by atoms with van der Waals surface area (Å²) in [5, 5.41) is 12.8. The molecule has 0 amide bonds. The van der Waals surface area contributed by atoms with Crippen LogP contribution < -0.4 is 5.32 Å². The molecule has 2 rings (SSSR count). The molecular formula is C16H25NO. The molecule has 1 aliphatic carbocycles. The fraction of sp³-hybridized carbons (Fsp3) is 0.625. The molecule has 100 valence electrons. The van der Waals surface area contributed by atoms with Gasteiger partial charge in [-0.2, -0.15) is 0 Å². The summed E-state index contributed by atoms with van der Waals surface area (Å²) in [6.07, 6.45) is 4.57. The summed E-state index contributed by atoms with van der Waals surface area (Å²) in [7, 11) is 0. The maximum Gasteiger partial charge on any atom is 0.0436 e. The van der Waals surface area contributed by atoms with E-state index in [9.17, 15) is 0 Å². The van der Waals surface area contributed by atoms with E-state index in [-0.39, 0.29) is 12.0 Å². The molecule has 18 heavy (non-hydrogen) atoms. The average Bonchev–Trinajstić information content (AvgIpc) is 2.36. The summed E-state index contributed by atoms with van der Waals surface area (Å²) in [6.45, 7) is 5.67. The molecule has 2 N–H and O–H groups in total. The Labute approximate surface area is 110 Å². The number of fused-ring (bicyclic) bond motifs is 1. The second-order valence-corrected chi connectivity index (χ2v) is 6.16. The lowest BCUT2D eigenvalue weighted by Gasteiger charge is -2.31. The van der Waals surface area contributed by atoms with Gasteiger partial charge in [0.2, 0.25) is 0 Å². The van der Waals surface area contributed by atoms with Crippen LogP contribution in [0.1, 0.15) is 50.3 Å². The molecule has 0 fully saturated rings. The van der Waals surface area contributed by atoms with Crippen molar-refractivity contribution in [3.8, 4) is 0 Å². The van der Waals surface area contributed by atoms with E-state index in [0.717, 1.165) is 13.0 Å². The van der Waals surface area contributed by atoms with Gasteiger partial charge in [-0.25, -0.2) is 0 Å². The molecule has 2 heteroatoms. The van der Waals surface area contributed by atoms with Crippen LogP contribution in [0.15, 0.2) is 24.3 Å². The summed E-state index contributed by atoms with van der Waals surface area (Å²) in [4.78, 5) is 0. The van der Waals surface area contributed by atoms with Crippen LogP contribution in [0.3, 0.4) is 0 Å². The highest BCUT2D eigenvalue weighted by molar-refractivity contribution is 5.32. The molecule has 2 nitrogen and oxygen atoms in total. The highest BCUT2D eigenvalue weighted by Gasteiger charge is 2.23. The number of hydrogen-bond donors (Lipinski definition) is 2. The van der Waals surface area contributed by atoms with E-state index in [2.05, 4.69) is 43.4 Å². The molecule has 0 heterocycles. The SMILES string of the molecule is CC(C)(CCO)CNC1CCCc2ccccc21. The van der Waals surface area contributed by atoms with Crippen LogP contribution in [0, 0.1) is 5.41 Å². The number of aliphatic hydroxyl groups excluding tert-OH is 1. The Balaban J connectivity index is 1.99. The van der Waals surface area contributed by atoms with Crippen LogP contribution in [0.25, 0.3) is 0 Å². The number of rotatable bonds is 5. The van der Waals surface area contributed by atoms with Gasteiger partial charge in [0, 0.05) is 19.2 Å². The summed E-state index contributed by atoms with van der Waals surface area (Å²) < 4.78 is 0. The second kappa shape index (κ2) is 5.85. The van der Waals surface area contributed by atoms with E-state index in [4.69, 9.17) is 5.11 Å². The van der Waals surface area contributed by atoms with Gasteiger partial charge in [-0.05, 0) is 42.2 Å². The van der Waals surface area contributed by atoms with Crippen molar-refractivity contribution >= 4 is 0 Å². The molecule has 0 bridgehead atoms. The zero-order valence-corrected chi connectivity index (χ0v) is 11.6. The minimum absolute atomic E-state index is 0.168. The first-order valence-corrected chi connectivity index (χ1v) is 7.04. The molecule has 0 aromatic heterocycles. The molecule has 0 saturated carbocycles. The maximum absolute atomic E-state index is 9.07. The highest BCUT2D eigenvalue weighted by atomic mass is 16.3. The van der Waals surface area contributed by atoms with E-state index < -0.39 is 0 Å². The van der Waals surface area contributed by atoms with Gasteiger partial charge in [-0.1, -0.05) is 38.1 Å².